The number of benzene rings is 1. The smallest absolute Gasteiger partial charge is 0.263 e. The number of carbonyl (C=O) groups excluding carboxylic acids is 1. The maximum atomic E-state index is 12.2. The number of rotatable bonds is 5. The van der Waals surface area contributed by atoms with E-state index in [4.69, 9.17) is 10.5 Å². The summed E-state index contributed by atoms with van der Waals surface area (Å²) in [5, 5.41) is 0. The normalized spacial score (nSPS) is 13.1. The molecule has 1 aromatic carbocycles. The molecule has 2 N–H and O–H groups in total. The summed E-state index contributed by atoms with van der Waals surface area (Å²) in [4.78, 5) is 13.8. The van der Waals surface area contributed by atoms with Gasteiger partial charge in [-0.1, -0.05) is 6.07 Å². The molecule has 0 aromatic heterocycles. The third-order valence-electron chi connectivity index (χ3n) is 3.09. The largest absolute Gasteiger partial charge is 0.480 e. The van der Waals surface area contributed by atoms with Crippen LogP contribution in [-0.4, -0.2) is 36.5 Å². The SMILES string of the molecule is Cc1ccc(OC(C)C(=O)N(C)C(C)CN)c(Br)c1.Cl. The summed E-state index contributed by atoms with van der Waals surface area (Å²) in [6.45, 7) is 6.09. The lowest BCUT2D eigenvalue weighted by Gasteiger charge is -2.27. The van der Waals surface area contributed by atoms with Gasteiger partial charge >= 0.3 is 0 Å². The predicted octanol–water partition coefficient (Wildman–Crippen LogP) is 2.75. The molecular weight excluding hydrogens is 344 g/mol. The molecule has 0 radical (unpaired) electrons. The Balaban J connectivity index is 0.00000361. The van der Waals surface area contributed by atoms with E-state index < -0.39 is 6.10 Å². The van der Waals surface area contributed by atoms with Gasteiger partial charge in [0.25, 0.3) is 5.91 Å². The van der Waals surface area contributed by atoms with Gasteiger partial charge in [-0.05, 0) is 54.4 Å². The average Bonchev–Trinajstić information content (AvgIpc) is 2.39. The number of hydrogen-bond donors (Lipinski definition) is 1. The first-order chi connectivity index (χ1) is 8.86. The van der Waals surface area contributed by atoms with Crippen molar-refractivity contribution in [3.05, 3.63) is 28.2 Å². The van der Waals surface area contributed by atoms with Crippen molar-refractivity contribution in [3.8, 4) is 5.75 Å². The molecule has 20 heavy (non-hydrogen) atoms. The van der Waals surface area contributed by atoms with Crippen LogP contribution >= 0.6 is 28.3 Å². The molecule has 0 aliphatic rings. The zero-order valence-corrected chi connectivity index (χ0v) is 14.6. The van der Waals surface area contributed by atoms with Gasteiger partial charge in [0.1, 0.15) is 5.75 Å². The highest BCUT2D eigenvalue weighted by molar-refractivity contribution is 9.10. The highest BCUT2D eigenvalue weighted by atomic mass is 79.9. The molecule has 0 bridgehead atoms. The fraction of sp³-hybridized carbons (Fsp3) is 0.500. The van der Waals surface area contributed by atoms with Crippen molar-refractivity contribution in [2.75, 3.05) is 13.6 Å². The fourth-order valence-corrected chi connectivity index (χ4v) is 2.19. The van der Waals surface area contributed by atoms with E-state index in [2.05, 4.69) is 15.9 Å². The topological polar surface area (TPSA) is 55.6 Å². The molecule has 2 atom stereocenters. The summed E-state index contributed by atoms with van der Waals surface area (Å²) in [6, 6.07) is 5.76. The maximum absolute atomic E-state index is 12.2. The van der Waals surface area contributed by atoms with Crippen LogP contribution in [0, 0.1) is 6.92 Å². The molecule has 4 nitrogen and oxygen atoms in total. The molecule has 1 rings (SSSR count). The number of nitrogens with two attached hydrogens (primary N) is 1. The molecule has 0 aliphatic carbocycles. The van der Waals surface area contributed by atoms with Crippen molar-refractivity contribution in [2.24, 2.45) is 5.73 Å². The Kier molecular flexibility index (Phi) is 8.16. The van der Waals surface area contributed by atoms with Gasteiger partial charge in [-0.2, -0.15) is 0 Å². The van der Waals surface area contributed by atoms with Crippen LogP contribution in [0.15, 0.2) is 22.7 Å². The van der Waals surface area contributed by atoms with Gasteiger partial charge in [-0.25, -0.2) is 0 Å². The number of nitrogens with zero attached hydrogens (tertiary/aromatic N) is 1. The molecule has 1 amide bonds. The van der Waals surface area contributed by atoms with Crippen molar-refractivity contribution in [2.45, 2.75) is 32.9 Å². The van der Waals surface area contributed by atoms with E-state index >= 15 is 0 Å². The minimum Gasteiger partial charge on any atom is -0.480 e. The Labute approximate surface area is 135 Å². The average molecular weight is 366 g/mol. The molecule has 0 saturated heterocycles. The van der Waals surface area contributed by atoms with Crippen LogP contribution < -0.4 is 10.5 Å². The van der Waals surface area contributed by atoms with E-state index in [1.807, 2.05) is 32.0 Å². The number of halogens is 2. The third-order valence-corrected chi connectivity index (χ3v) is 3.71. The lowest BCUT2D eigenvalue weighted by Crippen LogP contribution is -2.45. The first-order valence-electron chi connectivity index (χ1n) is 6.26. The lowest BCUT2D eigenvalue weighted by atomic mass is 10.2. The van der Waals surface area contributed by atoms with Crippen LogP contribution in [0.5, 0.6) is 5.75 Å². The van der Waals surface area contributed by atoms with Gasteiger partial charge in [0.05, 0.1) is 4.47 Å². The minimum atomic E-state index is -0.544. The maximum Gasteiger partial charge on any atom is 0.263 e. The second-order valence-electron chi connectivity index (χ2n) is 4.73. The molecule has 0 spiro atoms. The number of likely N-dealkylation sites (N-methyl/N-ethyl adjacent to an activating group) is 1. The third kappa shape index (κ3) is 4.96. The van der Waals surface area contributed by atoms with Gasteiger partial charge in [0, 0.05) is 19.6 Å². The number of aryl methyl sites for hydroxylation is 1. The van der Waals surface area contributed by atoms with Gasteiger partial charge in [-0.3, -0.25) is 4.79 Å². The Bertz CT molecular complexity index is 457. The van der Waals surface area contributed by atoms with Crippen LogP contribution in [0.1, 0.15) is 19.4 Å². The van der Waals surface area contributed by atoms with Gasteiger partial charge < -0.3 is 15.4 Å². The summed E-state index contributed by atoms with van der Waals surface area (Å²) in [7, 11) is 1.74. The van der Waals surface area contributed by atoms with Crippen LogP contribution in [0.4, 0.5) is 0 Å². The van der Waals surface area contributed by atoms with E-state index in [0.29, 0.717) is 12.3 Å². The lowest BCUT2D eigenvalue weighted by molar-refractivity contribution is -0.138. The van der Waals surface area contributed by atoms with Crippen LogP contribution in [0.25, 0.3) is 0 Å². The zero-order chi connectivity index (χ0) is 14.6. The van der Waals surface area contributed by atoms with Crippen molar-refractivity contribution in [1.29, 1.82) is 0 Å². The molecule has 114 valence electrons. The van der Waals surface area contributed by atoms with Crippen molar-refractivity contribution in [3.63, 3.8) is 0 Å². The Morgan fingerprint density at radius 1 is 1.45 bits per heavy atom. The molecule has 0 aliphatic heterocycles. The molecular formula is C14H22BrClN2O2. The molecule has 6 heteroatoms. The minimum absolute atomic E-state index is 0. The van der Waals surface area contributed by atoms with E-state index in [0.717, 1.165) is 10.0 Å². The molecule has 1 aromatic rings. The Morgan fingerprint density at radius 2 is 2.05 bits per heavy atom. The fourth-order valence-electron chi connectivity index (χ4n) is 1.60. The summed E-state index contributed by atoms with van der Waals surface area (Å²) < 4.78 is 6.55. The van der Waals surface area contributed by atoms with E-state index in [-0.39, 0.29) is 24.4 Å². The predicted molar refractivity (Wildman–Crippen MR) is 87.5 cm³/mol. The summed E-state index contributed by atoms with van der Waals surface area (Å²) >= 11 is 3.43. The summed E-state index contributed by atoms with van der Waals surface area (Å²) in [5.41, 5.74) is 6.69. The number of hydrogen-bond acceptors (Lipinski definition) is 3. The summed E-state index contributed by atoms with van der Waals surface area (Å²) in [6.07, 6.45) is -0.544. The number of carbonyl (C=O) groups is 1. The van der Waals surface area contributed by atoms with Crippen molar-refractivity contribution < 1.29 is 9.53 Å². The number of ether oxygens (including phenoxy) is 1. The molecule has 0 heterocycles. The van der Waals surface area contributed by atoms with Gasteiger partial charge in [-0.15, -0.1) is 12.4 Å². The second-order valence-corrected chi connectivity index (χ2v) is 5.58. The van der Waals surface area contributed by atoms with Crippen LogP contribution in [0.2, 0.25) is 0 Å². The van der Waals surface area contributed by atoms with Crippen LogP contribution in [0.3, 0.4) is 0 Å². The highest BCUT2D eigenvalue weighted by Gasteiger charge is 2.22. The number of amides is 1. The first-order valence-corrected chi connectivity index (χ1v) is 7.05. The van der Waals surface area contributed by atoms with Crippen molar-refractivity contribution in [1.82, 2.24) is 4.90 Å². The summed E-state index contributed by atoms with van der Waals surface area (Å²) in [5.74, 6) is 0.589. The highest BCUT2D eigenvalue weighted by Crippen LogP contribution is 2.26. The van der Waals surface area contributed by atoms with E-state index in [1.165, 1.54) is 0 Å². The Morgan fingerprint density at radius 3 is 2.55 bits per heavy atom. The monoisotopic (exact) mass is 364 g/mol. The van der Waals surface area contributed by atoms with Crippen LogP contribution in [-0.2, 0) is 4.79 Å². The first kappa shape index (κ1) is 19.2. The quantitative estimate of drug-likeness (QED) is 0.873. The molecule has 2 unspecified atom stereocenters. The van der Waals surface area contributed by atoms with Crippen molar-refractivity contribution >= 4 is 34.2 Å². The van der Waals surface area contributed by atoms with Gasteiger partial charge in [0.15, 0.2) is 6.10 Å². The molecule has 0 saturated carbocycles. The van der Waals surface area contributed by atoms with E-state index in [1.54, 1.807) is 18.9 Å². The zero-order valence-electron chi connectivity index (χ0n) is 12.2. The second kappa shape index (κ2) is 8.49. The van der Waals surface area contributed by atoms with E-state index in [9.17, 15) is 4.79 Å². The standard InChI is InChI=1S/C14H21BrN2O2.ClH/c1-9-5-6-13(12(15)7-9)19-11(3)14(18)17(4)10(2)8-16;/h5-7,10-11H,8,16H2,1-4H3;1H. The molecule has 0 fully saturated rings. The Hall–Kier alpha value is -0.780. The van der Waals surface area contributed by atoms with Gasteiger partial charge in [0.2, 0.25) is 0 Å².